The number of amides is 1. The minimum absolute atomic E-state index is 0.0499. The third-order valence-corrected chi connectivity index (χ3v) is 7.14. The Morgan fingerprint density at radius 2 is 1.95 bits per heavy atom. The van der Waals surface area contributed by atoms with Crippen molar-refractivity contribution in [2.24, 2.45) is 0 Å². The van der Waals surface area contributed by atoms with Gasteiger partial charge in [0.05, 0.1) is 11.2 Å². The molecule has 16 heteroatoms. The summed E-state index contributed by atoms with van der Waals surface area (Å²) in [7, 11) is 0. The van der Waals surface area contributed by atoms with E-state index in [9.17, 15) is 18.0 Å². The highest BCUT2D eigenvalue weighted by molar-refractivity contribution is 6.32. The smallest absolute Gasteiger partial charge is 0.410 e. The number of hydrogen-bond acceptors (Lipinski definition) is 9. The largest absolute Gasteiger partial charge is 0.455 e. The molecule has 0 saturated carbocycles. The van der Waals surface area contributed by atoms with Gasteiger partial charge in [-0.25, -0.2) is 28.8 Å². The predicted molar refractivity (Wildman–Crippen MR) is 149 cm³/mol. The van der Waals surface area contributed by atoms with Gasteiger partial charge < -0.3 is 19.9 Å². The van der Waals surface area contributed by atoms with Gasteiger partial charge in [0.2, 0.25) is 5.91 Å². The number of aromatic nitrogens is 6. The summed E-state index contributed by atoms with van der Waals surface area (Å²) in [6.07, 6.45) is 0.443. The van der Waals surface area contributed by atoms with Crippen LogP contribution >= 0.6 is 11.6 Å². The number of nitrogens with zero attached hydrogens (tertiary/aromatic N) is 8. The van der Waals surface area contributed by atoms with E-state index < -0.39 is 30.5 Å². The van der Waals surface area contributed by atoms with Crippen molar-refractivity contribution >= 4 is 51.5 Å². The highest BCUT2D eigenvalue weighted by Crippen LogP contribution is 2.37. The number of halogens is 5. The zero-order chi connectivity index (χ0) is 30.3. The van der Waals surface area contributed by atoms with E-state index >= 15 is 4.39 Å². The molecule has 1 saturated heterocycles. The summed E-state index contributed by atoms with van der Waals surface area (Å²) < 4.78 is 64.2. The lowest BCUT2D eigenvalue weighted by Gasteiger charge is -2.42. The van der Waals surface area contributed by atoms with E-state index in [4.69, 9.17) is 16.3 Å². The maximum absolute atomic E-state index is 15.4. The van der Waals surface area contributed by atoms with Crippen LogP contribution in [0.3, 0.4) is 0 Å². The molecule has 4 aromatic heterocycles. The Morgan fingerprint density at radius 3 is 2.74 bits per heavy atom. The minimum Gasteiger partial charge on any atom is -0.455 e. The summed E-state index contributed by atoms with van der Waals surface area (Å²) in [4.78, 5) is 31.1. The number of hydrogen-bond donors (Lipinski definition) is 1. The van der Waals surface area contributed by atoms with Gasteiger partial charge in [-0.05, 0) is 36.4 Å². The Balaban J connectivity index is 1.26. The molecule has 1 amide bonds. The number of pyridine rings is 2. The Morgan fingerprint density at radius 1 is 1.12 bits per heavy atom. The summed E-state index contributed by atoms with van der Waals surface area (Å²) in [5.74, 6) is -0.917. The fourth-order valence-corrected chi connectivity index (χ4v) is 4.87. The standard InChI is InChI=1S/C27H20ClF4N9O2/c1-2-22(42)40-10-9-39(12-19(40)27(30,31)32)20-6-4-17-25(38-20)26(35-13-33-17)37-16-3-5-18(23(28)24(16)29)43-15-7-8-41-21(11-15)34-14-36-41/h2-8,11,13-14,19H,1,9-10,12H2,(H,33,35,37)/t19-/m0/s1. The molecule has 0 unspecified atom stereocenters. The van der Waals surface area contributed by atoms with Crippen LogP contribution in [0, 0.1) is 5.82 Å². The van der Waals surface area contributed by atoms with Gasteiger partial charge in [0.25, 0.3) is 0 Å². The van der Waals surface area contributed by atoms with Gasteiger partial charge in [-0.1, -0.05) is 18.2 Å². The van der Waals surface area contributed by atoms with E-state index in [0.717, 1.165) is 11.0 Å². The van der Waals surface area contributed by atoms with Gasteiger partial charge in [0.1, 0.15) is 46.6 Å². The second-order valence-electron chi connectivity index (χ2n) is 9.39. The molecule has 1 aliphatic heterocycles. The zero-order valence-corrected chi connectivity index (χ0v) is 22.7. The third-order valence-electron chi connectivity index (χ3n) is 6.79. The van der Waals surface area contributed by atoms with Gasteiger partial charge >= 0.3 is 6.18 Å². The fourth-order valence-electron chi connectivity index (χ4n) is 4.67. The first-order valence-electron chi connectivity index (χ1n) is 12.7. The number of benzene rings is 1. The predicted octanol–water partition coefficient (Wildman–Crippen LogP) is 5.16. The first-order chi connectivity index (χ1) is 20.6. The van der Waals surface area contributed by atoms with Crippen molar-refractivity contribution in [2.75, 3.05) is 29.9 Å². The summed E-state index contributed by atoms with van der Waals surface area (Å²) in [6, 6.07) is 7.13. The number of anilines is 3. The summed E-state index contributed by atoms with van der Waals surface area (Å²) in [5.41, 5.74) is 1.03. The van der Waals surface area contributed by atoms with Gasteiger partial charge in [-0.2, -0.15) is 18.3 Å². The number of rotatable bonds is 6. The molecule has 1 N–H and O–H groups in total. The lowest BCUT2D eigenvalue weighted by Crippen LogP contribution is -2.60. The van der Waals surface area contributed by atoms with E-state index in [1.165, 1.54) is 40.3 Å². The van der Waals surface area contributed by atoms with Crippen LogP contribution in [0.1, 0.15) is 0 Å². The molecule has 1 atom stereocenters. The molecule has 43 heavy (non-hydrogen) atoms. The first-order valence-corrected chi connectivity index (χ1v) is 13.1. The van der Waals surface area contributed by atoms with Gasteiger partial charge in [0.15, 0.2) is 17.3 Å². The SMILES string of the molecule is C=CC(=O)N1CCN(c2ccc3ncnc(Nc4ccc(Oc5ccn6ncnc6c5)c(Cl)c4F)c3n2)C[C@H]1C(F)(F)F. The van der Waals surface area contributed by atoms with E-state index in [1.54, 1.807) is 24.4 Å². The van der Waals surface area contributed by atoms with E-state index in [2.05, 4.69) is 36.9 Å². The van der Waals surface area contributed by atoms with Gasteiger partial charge in [-0.15, -0.1) is 0 Å². The van der Waals surface area contributed by atoms with Crippen molar-refractivity contribution in [3.63, 3.8) is 0 Å². The van der Waals surface area contributed by atoms with Crippen LogP contribution in [-0.4, -0.2) is 72.2 Å². The highest BCUT2D eigenvalue weighted by Gasteiger charge is 2.48. The molecule has 0 bridgehead atoms. The minimum atomic E-state index is -4.67. The summed E-state index contributed by atoms with van der Waals surface area (Å²) in [6.45, 7) is 2.67. The molecule has 6 rings (SSSR count). The number of fused-ring (bicyclic) bond motifs is 2. The molecule has 1 aromatic carbocycles. The molecule has 5 aromatic rings. The van der Waals surface area contributed by atoms with Crippen molar-refractivity contribution in [1.82, 2.24) is 34.4 Å². The maximum Gasteiger partial charge on any atom is 0.410 e. The van der Waals surface area contributed by atoms with Crippen molar-refractivity contribution < 1.29 is 27.1 Å². The molecule has 11 nitrogen and oxygen atoms in total. The van der Waals surface area contributed by atoms with Crippen LogP contribution in [0.25, 0.3) is 16.7 Å². The second kappa shape index (κ2) is 11.0. The number of carbonyl (C=O) groups excluding carboxylic acids is 1. The number of carbonyl (C=O) groups is 1. The topological polar surface area (TPSA) is 114 Å². The van der Waals surface area contributed by atoms with Crippen molar-refractivity contribution in [3.8, 4) is 11.5 Å². The summed E-state index contributed by atoms with van der Waals surface area (Å²) >= 11 is 6.30. The average Bonchev–Trinajstić information content (AvgIpc) is 3.48. The van der Waals surface area contributed by atoms with Crippen molar-refractivity contribution in [2.45, 2.75) is 12.2 Å². The molecule has 220 valence electrons. The third kappa shape index (κ3) is 5.46. The number of piperazine rings is 1. The molecule has 0 spiro atoms. The van der Waals surface area contributed by atoms with Gasteiger partial charge in [-0.3, -0.25) is 4.79 Å². The first kappa shape index (κ1) is 28.1. The number of ether oxygens (including phenoxy) is 1. The molecular weight excluding hydrogens is 594 g/mol. The van der Waals surface area contributed by atoms with Crippen LogP contribution in [-0.2, 0) is 4.79 Å². The average molecular weight is 614 g/mol. The maximum atomic E-state index is 15.4. The van der Waals surface area contributed by atoms with Crippen LogP contribution in [0.15, 0.2) is 67.9 Å². The fraction of sp³-hybridized carbons (Fsp3) is 0.185. The number of alkyl halides is 3. The highest BCUT2D eigenvalue weighted by atomic mass is 35.5. The zero-order valence-electron chi connectivity index (χ0n) is 22.0. The van der Waals surface area contributed by atoms with Crippen LogP contribution in [0.2, 0.25) is 5.02 Å². The lowest BCUT2D eigenvalue weighted by molar-refractivity contribution is -0.188. The molecule has 5 heterocycles. The normalized spacial score (nSPS) is 15.6. The van der Waals surface area contributed by atoms with Crippen LogP contribution in [0.4, 0.5) is 34.9 Å². The van der Waals surface area contributed by atoms with Crippen LogP contribution < -0.4 is 15.0 Å². The number of nitrogens with one attached hydrogen (secondary N) is 1. The molecule has 0 aliphatic carbocycles. The van der Waals surface area contributed by atoms with Gasteiger partial charge in [0, 0.05) is 31.9 Å². The Bertz CT molecular complexity index is 1870. The Kier molecular flexibility index (Phi) is 7.17. The molecular formula is C27H20ClF4N9O2. The van der Waals surface area contributed by atoms with E-state index in [0.29, 0.717) is 16.9 Å². The lowest BCUT2D eigenvalue weighted by atomic mass is 10.1. The van der Waals surface area contributed by atoms with Crippen LogP contribution in [0.5, 0.6) is 11.5 Å². The van der Waals surface area contributed by atoms with Crippen molar-refractivity contribution in [3.05, 3.63) is 78.7 Å². The summed E-state index contributed by atoms with van der Waals surface area (Å²) in [5, 5.41) is 6.55. The quantitative estimate of drug-likeness (QED) is 0.205. The molecule has 1 fully saturated rings. The molecule has 0 radical (unpaired) electrons. The Hall–Kier alpha value is -5.05. The second-order valence-corrected chi connectivity index (χ2v) is 9.77. The monoisotopic (exact) mass is 613 g/mol. The van der Waals surface area contributed by atoms with E-state index in [1.807, 2.05) is 0 Å². The molecule has 1 aliphatic rings. The van der Waals surface area contributed by atoms with Crippen molar-refractivity contribution in [1.29, 1.82) is 0 Å². The van der Waals surface area contributed by atoms with E-state index in [-0.39, 0.29) is 46.7 Å². The Labute approximate surface area is 245 Å².